The van der Waals surface area contributed by atoms with Gasteiger partial charge in [0.15, 0.2) is 0 Å². The Morgan fingerprint density at radius 3 is 2.50 bits per heavy atom. The Labute approximate surface area is 133 Å². The lowest BCUT2D eigenvalue weighted by atomic mass is 9.78. The van der Waals surface area contributed by atoms with E-state index in [4.69, 9.17) is 9.97 Å². The van der Waals surface area contributed by atoms with Crippen molar-refractivity contribution >= 4 is 5.95 Å². The average Bonchev–Trinajstić information content (AvgIpc) is 2.84. The minimum Gasteiger partial charge on any atom is -0.340 e. The van der Waals surface area contributed by atoms with Gasteiger partial charge in [-0.2, -0.15) is 0 Å². The molecule has 1 aromatic rings. The maximum Gasteiger partial charge on any atom is 0.225 e. The minimum absolute atomic E-state index is 0.524. The highest BCUT2D eigenvalue weighted by atomic mass is 15.3. The number of rotatable bonds is 2. The van der Waals surface area contributed by atoms with Crippen LogP contribution in [0, 0.1) is 12.3 Å². The van der Waals surface area contributed by atoms with E-state index in [0.717, 1.165) is 24.7 Å². The molecular formula is C18H28N4. The summed E-state index contributed by atoms with van der Waals surface area (Å²) in [6.07, 6.45) is 7.97. The molecule has 0 radical (unpaired) electrons. The van der Waals surface area contributed by atoms with E-state index in [-0.39, 0.29) is 0 Å². The molecule has 1 aromatic heterocycles. The maximum absolute atomic E-state index is 4.93. The monoisotopic (exact) mass is 300 g/mol. The molecule has 1 saturated carbocycles. The highest BCUT2D eigenvalue weighted by molar-refractivity contribution is 5.36. The van der Waals surface area contributed by atoms with Crippen LogP contribution in [0.1, 0.15) is 55.8 Å². The zero-order valence-electron chi connectivity index (χ0n) is 14.0. The molecule has 0 amide bonds. The van der Waals surface area contributed by atoms with Crippen molar-refractivity contribution < 1.29 is 0 Å². The van der Waals surface area contributed by atoms with Crippen molar-refractivity contribution in [2.24, 2.45) is 5.41 Å². The van der Waals surface area contributed by atoms with Crippen LogP contribution >= 0.6 is 0 Å². The molecule has 0 N–H and O–H groups in total. The van der Waals surface area contributed by atoms with Gasteiger partial charge in [-0.05, 0) is 70.6 Å². The Kier molecular flexibility index (Phi) is 3.60. The van der Waals surface area contributed by atoms with Gasteiger partial charge in [-0.25, -0.2) is 9.97 Å². The highest BCUT2D eigenvalue weighted by Gasteiger charge is 2.40. The van der Waals surface area contributed by atoms with Crippen molar-refractivity contribution in [3.05, 3.63) is 17.5 Å². The van der Waals surface area contributed by atoms with E-state index in [1.54, 1.807) is 0 Å². The van der Waals surface area contributed by atoms with E-state index in [1.807, 2.05) is 0 Å². The van der Waals surface area contributed by atoms with Gasteiger partial charge in [0.1, 0.15) is 0 Å². The predicted octanol–water partition coefficient (Wildman–Crippen LogP) is 2.97. The largest absolute Gasteiger partial charge is 0.340 e. The fourth-order valence-electron chi connectivity index (χ4n) is 4.24. The normalized spacial score (nSPS) is 25.6. The van der Waals surface area contributed by atoms with Gasteiger partial charge in [0.25, 0.3) is 0 Å². The third-order valence-corrected chi connectivity index (χ3v) is 6.15. The number of piperidine rings is 1. The van der Waals surface area contributed by atoms with Gasteiger partial charge < -0.3 is 9.80 Å². The Morgan fingerprint density at radius 2 is 1.82 bits per heavy atom. The van der Waals surface area contributed by atoms with Crippen LogP contribution < -0.4 is 4.90 Å². The van der Waals surface area contributed by atoms with Gasteiger partial charge in [-0.3, -0.25) is 0 Å². The predicted molar refractivity (Wildman–Crippen MR) is 89.4 cm³/mol. The summed E-state index contributed by atoms with van der Waals surface area (Å²) >= 11 is 0. The highest BCUT2D eigenvalue weighted by Crippen LogP contribution is 2.41. The fraction of sp³-hybridized carbons (Fsp3) is 0.778. The van der Waals surface area contributed by atoms with E-state index in [2.05, 4.69) is 29.8 Å². The van der Waals surface area contributed by atoms with Gasteiger partial charge in [-0.1, -0.05) is 6.42 Å². The zero-order chi connectivity index (χ0) is 15.2. The topological polar surface area (TPSA) is 32.3 Å². The number of likely N-dealkylation sites (tertiary alicyclic amines) is 1. The molecule has 0 unspecified atom stereocenters. The minimum atomic E-state index is 0.524. The molecule has 22 heavy (non-hydrogen) atoms. The van der Waals surface area contributed by atoms with E-state index in [1.165, 1.54) is 57.3 Å². The molecule has 1 aliphatic carbocycles. The molecule has 2 saturated heterocycles. The Balaban J connectivity index is 1.52. The van der Waals surface area contributed by atoms with E-state index in [9.17, 15) is 0 Å². The molecule has 120 valence electrons. The number of anilines is 1. The van der Waals surface area contributed by atoms with Gasteiger partial charge >= 0.3 is 0 Å². The van der Waals surface area contributed by atoms with Gasteiger partial charge in [0.05, 0.1) is 0 Å². The van der Waals surface area contributed by atoms with Crippen LogP contribution in [0.5, 0.6) is 0 Å². The average molecular weight is 300 g/mol. The van der Waals surface area contributed by atoms with E-state index >= 15 is 0 Å². The van der Waals surface area contributed by atoms with Crippen LogP contribution in [0.4, 0.5) is 5.95 Å². The Hall–Kier alpha value is -1.16. The van der Waals surface area contributed by atoms with E-state index < -0.39 is 0 Å². The van der Waals surface area contributed by atoms with Gasteiger partial charge in [-0.15, -0.1) is 0 Å². The first-order valence-electron chi connectivity index (χ1n) is 8.93. The zero-order valence-corrected chi connectivity index (χ0v) is 14.0. The quantitative estimate of drug-likeness (QED) is 0.840. The molecule has 3 fully saturated rings. The first kappa shape index (κ1) is 14.4. The lowest BCUT2D eigenvalue weighted by molar-refractivity contribution is 0.142. The van der Waals surface area contributed by atoms with Crippen molar-refractivity contribution in [1.29, 1.82) is 0 Å². The molecule has 0 atom stereocenters. The Bertz CT molecular complexity index is 544. The SMILES string of the molecule is Cc1cc(C2CCC2)nc(N2CCC3(CCN(C)CC3)C2)n1. The van der Waals surface area contributed by atoms with Crippen LogP contribution in [0.2, 0.25) is 0 Å². The molecule has 0 aromatic carbocycles. The second kappa shape index (κ2) is 5.48. The second-order valence-electron chi connectivity index (χ2n) is 7.84. The summed E-state index contributed by atoms with van der Waals surface area (Å²) in [6, 6.07) is 2.20. The number of nitrogens with zero attached hydrogens (tertiary/aromatic N) is 4. The summed E-state index contributed by atoms with van der Waals surface area (Å²) in [6.45, 7) is 6.91. The molecule has 0 bridgehead atoms. The summed E-state index contributed by atoms with van der Waals surface area (Å²) < 4.78 is 0. The van der Waals surface area contributed by atoms with Crippen LogP contribution in [-0.2, 0) is 0 Å². The lowest BCUT2D eigenvalue weighted by Crippen LogP contribution is -2.40. The lowest BCUT2D eigenvalue weighted by Gasteiger charge is -2.37. The first-order chi connectivity index (χ1) is 10.6. The fourth-order valence-corrected chi connectivity index (χ4v) is 4.24. The molecule has 4 heteroatoms. The summed E-state index contributed by atoms with van der Waals surface area (Å²) in [4.78, 5) is 14.6. The number of hydrogen-bond acceptors (Lipinski definition) is 4. The van der Waals surface area contributed by atoms with Crippen LogP contribution in [0.15, 0.2) is 6.07 Å². The number of aromatic nitrogens is 2. The maximum atomic E-state index is 4.93. The Morgan fingerprint density at radius 1 is 1.09 bits per heavy atom. The molecule has 4 rings (SSSR count). The van der Waals surface area contributed by atoms with Crippen molar-refractivity contribution in [2.45, 2.75) is 51.4 Å². The van der Waals surface area contributed by atoms with Crippen LogP contribution in [-0.4, -0.2) is 48.1 Å². The molecule has 3 heterocycles. The third kappa shape index (κ3) is 2.62. The summed E-state index contributed by atoms with van der Waals surface area (Å²) in [5, 5.41) is 0. The van der Waals surface area contributed by atoms with Gasteiger partial charge in [0, 0.05) is 30.4 Å². The third-order valence-electron chi connectivity index (χ3n) is 6.15. The smallest absolute Gasteiger partial charge is 0.225 e. The van der Waals surface area contributed by atoms with Crippen LogP contribution in [0.3, 0.4) is 0 Å². The van der Waals surface area contributed by atoms with Crippen molar-refractivity contribution in [1.82, 2.24) is 14.9 Å². The standard InChI is InChI=1S/C18H28N4/c1-14-12-16(15-4-3-5-15)20-17(19-14)22-11-8-18(13-22)6-9-21(2)10-7-18/h12,15H,3-11,13H2,1-2H3. The van der Waals surface area contributed by atoms with E-state index in [0.29, 0.717) is 11.3 Å². The molecule has 4 nitrogen and oxygen atoms in total. The first-order valence-corrected chi connectivity index (χ1v) is 8.93. The molecular weight excluding hydrogens is 272 g/mol. The summed E-state index contributed by atoms with van der Waals surface area (Å²) in [5.41, 5.74) is 2.95. The number of hydrogen-bond donors (Lipinski definition) is 0. The second-order valence-corrected chi connectivity index (χ2v) is 7.84. The van der Waals surface area contributed by atoms with Crippen molar-refractivity contribution in [3.63, 3.8) is 0 Å². The summed E-state index contributed by atoms with van der Waals surface area (Å²) in [7, 11) is 2.24. The summed E-state index contributed by atoms with van der Waals surface area (Å²) in [5.74, 6) is 1.69. The van der Waals surface area contributed by atoms with Crippen molar-refractivity contribution in [2.75, 3.05) is 38.1 Å². The number of aryl methyl sites for hydroxylation is 1. The molecule has 3 aliphatic rings. The molecule has 2 aliphatic heterocycles. The van der Waals surface area contributed by atoms with Crippen LogP contribution in [0.25, 0.3) is 0 Å². The molecule has 1 spiro atoms. The van der Waals surface area contributed by atoms with Crippen molar-refractivity contribution in [3.8, 4) is 0 Å². The van der Waals surface area contributed by atoms with Gasteiger partial charge in [0.2, 0.25) is 5.95 Å².